The van der Waals surface area contributed by atoms with Crippen molar-refractivity contribution in [2.24, 2.45) is 4.99 Å². The van der Waals surface area contributed by atoms with Gasteiger partial charge in [-0.05, 0) is 62.6 Å². The summed E-state index contributed by atoms with van der Waals surface area (Å²) in [5, 5.41) is 5.88. The van der Waals surface area contributed by atoms with Crippen molar-refractivity contribution in [2.45, 2.75) is 77.8 Å². The number of aryl methyl sites for hydroxylation is 1. The lowest BCUT2D eigenvalue weighted by molar-refractivity contribution is 0.482. The number of ether oxygens (including phenoxy) is 1. The number of anilines is 1. The van der Waals surface area contributed by atoms with Gasteiger partial charge in [-0.1, -0.05) is 50.3 Å². The van der Waals surface area contributed by atoms with Crippen LogP contribution in [0, 0.1) is 6.92 Å². The lowest BCUT2D eigenvalue weighted by atomic mass is 10.1. The van der Waals surface area contributed by atoms with Crippen LogP contribution in [0.25, 0.3) is 0 Å². The maximum absolute atomic E-state index is 5.94. The molecular formula is C28H37N3OS. The number of nitrogens with zero attached hydrogens (tertiary/aromatic N) is 2. The van der Waals surface area contributed by atoms with Crippen molar-refractivity contribution in [2.75, 3.05) is 11.9 Å². The molecule has 2 aromatic carbocycles. The smallest absolute Gasteiger partial charge is 0.185 e. The predicted octanol–water partition coefficient (Wildman–Crippen LogP) is 7.34. The van der Waals surface area contributed by atoms with Crippen LogP contribution in [0.3, 0.4) is 0 Å². The zero-order chi connectivity index (χ0) is 22.9. The molecule has 0 radical (unpaired) electrons. The molecule has 1 aliphatic rings. The molecule has 0 aliphatic heterocycles. The molecule has 0 amide bonds. The summed E-state index contributed by atoms with van der Waals surface area (Å²) in [6.07, 6.45) is 10.1. The van der Waals surface area contributed by atoms with Crippen LogP contribution in [0.2, 0.25) is 0 Å². The lowest BCUT2D eigenvalue weighted by Gasteiger charge is -2.12. The Morgan fingerprint density at radius 1 is 0.970 bits per heavy atom. The number of hydrogen-bond donors (Lipinski definition) is 1. The molecule has 4 nitrogen and oxygen atoms in total. The van der Waals surface area contributed by atoms with E-state index in [1.54, 1.807) is 0 Å². The van der Waals surface area contributed by atoms with Gasteiger partial charge in [-0.15, -0.1) is 11.3 Å². The Kier molecular flexibility index (Phi) is 8.65. The molecule has 0 atom stereocenters. The Bertz CT molecular complexity index is 1040. The number of benzene rings is 2. The standard InChI is InChI=1S/C28H37N3OS/c1-3-20-31-25(21-33-28(31)30-24-8-6-4-5-7-9-24)18-19-29-23-12-16-27(17-13-23)32-26-14-10-22(2)11-15-26/h10-17,21,24,29H,3-9,18-20H2,1-2H3. The van der Waals surface area contributed by atoms with Crippen LogP contribution >= 0.6 is 11.3 Å². The van der Waals surface area contributed by atoms with E-state index in [-0.39, 0.29) is 0 Å². The highest BCUT2D eigenvalue weighted by atomic mass is 32.1. The molecule has 1 fully saturated rings. The molecule has 33 heavy (non-hydrogen) atoms. The Morgan fingerprint density at radius 3 is 2.30 bits per heavy atom. The number of hydrogen-bond acceptors (Lipinski definition) is 4. The highest BCUT2D eigenvalue weighted by Crippen LogP contribution is 2.23. The summed E-state index contributed by atoms with van der Waals surface area (Å²) in [6, 6.07) is 16.9. The zero-order valence-corrected chi connectivity index (χ0v) is 20.9. The Labute approximate surface area is 202 Å². The van der Waals surface area contributed by atoms with E-state index in [9.17, 15) is 0 Å². The summed E-state index contributed by atoms with van der Waals surface area (Å²) in [7, 11) is 0. The van der Waals surface area contributed by atoms with Gasteiger partial charge in [0.05, 0.1) is 6.04 Å². The van der Waals surface area contributed by atoms with Crippen molar-refractivity contribution < 1.29 is 4.74 Å². The first-order valence-corrected chi connectivity index (χ1v) is 13.4. The average Bonchev–Trinajstić information content (AvgIpc) is 3.02. The maximum Gasteiger partial charge on any atom is 0.185 e. The quantitative estimate of drug-likeness (QED) is 0.337. The van der Waals surface area contributed by atoms with Crippen LogP contribution in [0.5, 0.6) is 11.5 Å². The van der Waals surface area contributed by atoms with Gasteiger partial charge in [-0.25, -0.2) is 0 Å². The number of aromatic nitrogens is 1. The van der Waals surface area contributed by atoms with Gasteiger partial charge in [-0.2, -0.15) is 0 Å². The third-order valence-electron chi connectivity index (χ3n) is 6.26. The van der Waals surface area contributed by atoms with Crippen LogP contribution < -0.4 is 14.9 Å². The van der Waals surface area contributed by atoms with Crippen LogP contribution in [0.4, 0.5) is 5.69 Å². The largest absolute Gasteiger partial charge is 0.457 e. The summed E-state index contributed by atoms with van der Waals surface area (Å²) in [5.74, 6) is 1.72. The van der Waals surface area contributed by atoms with Crippen LogP contribution in [-0.4, -0.2) is 17.2 Å². The number of nitrogens with one attached hydrogen (secondary N) is 1. The van der Waals surface area contributed by atoms with Crippen molar-refractivity contribution in [3.05, 3.63) is 70.0 Å². The molecule has 0 saturated heterocycles. The van der Waals surface area contributed by atoms with Crippen molar-refractivity contribution in [1.82, 2.24) is 4.57 Å². The first-order valence-electron chi connectivity index (χ1n) is 12.5. The van der Waals surface area contributed by atoms with Gasteiger partial charge in [-0.3, -0.25) is 4.99 Å². The monoisotopic (exact) mass is 463 g/mol. The molecule has 1 N–H and O–H groups in total. The summed E-state index contributed by atoms with van der Waals surface area (Å²) in [4.78, 5) is 6.40. The maximum atomic E-state index is 5.94. The van der Waals surface area contributed by atoms with E-state index in [2.05, 4.69) is 53.4 Å². The fourth-order valence-corrected chi connectivity index (χ4v) is 5.42. The Hall–Kier alpha value is -2.53. The molecule has 0 spiro atoms. The normalized spacial score (nSPS) is 15.4. The van der Waals surface area contributed by atoms with Gasteiger partial charge in [0.1, 0.15) is 11.5 Å². The van der Waals surface area contributed by atoms with Crippen LogP contribution in [0.1, 0.15) is 63.1 Å². The zero-order valence-electron chi connectivity index (χ0n) is 20.1. The molecule has 1 aliphatic carbocycles. The van der Waals surface area contributed by atoms with E-state index in [1.807, 2.05) is 35.6 Å². The van der Waals surface area contributed by atoms with Crippen LogP contribution in [0.15, 0.2) is 58.9 Å². The Balaban J connectivity index is 1.34. The molecule has 3 aromatic rings. The second-order valence-electron chi connectivity index (χ2n) is 9.05. The van der Waals surface area contributed by atoms with Gasteiger partial charge in [0.15, 0.2) is 4.80 Å². The molecule has 1 heterocycles. The van der Waals surface area contributed by atoms with E-state index >= 15 is 0 Å². The topological polar surface area (TPSA) is 38.5 Å². The summed E-state index contributed by atoms with van der Waals surface area (Å²) in [6.45, 7) is 6.29. The van der Waals surface area contributed by atoms with Crippen LogP contribution in [-0.2, 0) is 13.0 Å². The number of rotatable bonds is 9. The molecule has 0 unspecified atom stereocenters. The van der Waals surface area contributed by atoms with Gasteiger partial charge in [0, 0.05) is 36.3 Å². The molecule has 1 saturated carbocycles. The second-order valence-corrected chi connectivity index (χ2v) is 9.89. The van der Waals surface area contributed by atoms with Crippen molar-refractivity contribution >= 4 is 17.0 Å². The minimum Gasteiger partial charge on any atom is -0.457 e. The Morgan fingerprint density at radius 2 is 1.64 bits per heavy atom. The third kappa shape index (κ3) is 6.97. The summed E-state index contributed by atoms with van der Waals surface area (Å²) in [5.41, 5.74) is 3.74. The van der Waals surface area contributed by atoms with E-state index in [1.165, 1.54) is 54.6 Å². The molecule has 0 bridgehead atoms. The molecule has 1 aromatic heterocycles. The molecule has 176 valence electrons. The lowest BCUT2D eigenvalue weighted by Crippen LogP contribution is -2.21. The van der Waals surface area contributed by atoms with Crippen molar-refractivity contribution in [3.8, 4) is 11.5 Å². The fourth-order valence-electron chi connectivity index (χ4n) is 4.39. The third-order valence-corrected chi connectivity index (χ3v) is 7.19. The molecule has 4 rings (SSSR count). The highest BCUT2D eigenvalue weighted by molar-refractivity contribution is 7.07. The van der Waals surface area contributed by atoms with Gasteiger partial charge in [0.2, 0.25) is 0 Å². The van der Waals surface area contributed by atoms with E-state index < -0.39 is 0 Å². The SMILES string of the molecule is CCCn1c(CCNc2ccc(Oc3ccc(C)cc3)cc2)csc1=NC1CCCCCC1. The van der Waals surface area contributed by atoms with E-state index in [0.29, 0.717) is 6.04 Å². The minimum atomic E-state index is 0.515. The second kappa shape index (κ2) is 12.1. The predicted molar refractivity (Wildman–Crippen MR) is 140 cm³/mol. The van der Waals surface area contributed by atoms with E-state index in [0.717, 1.165) is 43.1 Å². The average molecular weight is 464 g/mol. The molecule has 5 heteroatoms. The summed E-state index contributed by atoms with van der Waals surface area (Å²) >= 11 is 1.82. The fraction of sp³-hybridized carbons (Fsp3) is 0.464. The van der Waals surface area contributed by atoms with Gasteiger partial charge >= 0.3 is 0 Å². The van der Waals surface area contributed by atoms with Crippen molar-refractivity contribution in [1.29, 1.82) is 0 Å². The van der Waals surface area contributed by atoms with E-state index in [4.69, 9.17) is 9.73 Å². The van der Waals surface area contributed by atoms with Gasteiger partial charge in [0.25, 0.3) is 0 Å². The summed E-state index contributed by atoms with van der Waals surface area (Å²) < 4.78 is 8.39. The molecular weight excluding hydrogens is 426 g/mol. The van der Waals surface area contributed by atoms with Crippen molar-refractivity contribution in [3.63, 3.8) is 0 Å². The first-order chi connectivity index (χ1) is 16.2. The highest BCUT2D eigenvalue weighted by Gasteiger charge is 2.12. The minimum absolute atomic E-state index is 0.515. The number of thiazole rings is 1. The van der Waals surface area contributed by atoms with Gasteiger partial charge < -0.3 is 14.6 Å². The first kappa shape index (κ1) is 23.6.